The molecule has 0 aliphatic carbocycles. The number of rotatable bonds is 3. The van der Waals surface area contributed by atoms with Crippen LogP contribution in [-0.2, 0) is 4.79 Å². The number of amides is 1. The van der Waals surface area contributed by atoms with Crippen LogP contribution in [-0.4, -0.2) is 37.5 Å². The summed E-state index contributed by atoms with van der Waals surface area (Å²) in [7, 11) is 1.93. The second kappa shape index (κ2) is 5.67. The number of carbonyl (C=O) groups is 1. The fourth-order valence-corrected chi connectivity index (χ4v) is 2.39. The van der Waals surface area contributed by atoms with Gasteiger partial charge < -0.3 is 10.2 Å². The van der Waals surface area contributed by atoms with E-state index in [1.54, 1.807) is 0 Å². The Hall–Kier alpha value is -0.570. The number of hydrogen-bond acceptors (Lipinski definition) is 2. The highest BCUT2D eigenvalue weighted by atomic mass is 16.2. The van der Waals surface area contributed by atoms with E-state index in [9.17, 15) is 4.79 Å². The Kier molecular flexibility index (Phi) is 4.78. The van der Waals surface area contributed by atoms with Crippen molar-refractivity contribution in [3.63, 3.8) is 0 Å². The molecule has 0 radical (unpaired) electrons. The van der Waals surface area contributed by atoms with Crippen molar-refractivity contribution >= 4 is 5.91 Å². The Bertz CT molecular complexity index is 233. The molecule has 0 aromatic heterocycles. The van der Waals surface area contributed by atoms with Crippen LogP contribution in [0.2, 0.25) is 0 Å². The van der Waals surface area contributed by atoms with Crippen LogP contribution in [0.3, 0.4) is 0 Å². The monoisotopic (exact) mass is 226 g/mol. The third-order valence-corrected chi connectivity index (χ3v) is 3.66. The summed E-state index contributed by atoms with van der Waals surface area (Å²) in [5.41, 5.74) is 0.333. The predicted octanol–water partition coefficient (Wildman–Crippen LogP) is 1.88. The molecule has 0 spiro atoms. The van der Waals surface area contributed by atoms with Gasteiger partial charge >= 0.3 is 0 Å². The Morgan fingerprint density at radius 3 is 2.62 bits per heavy atom. The molecule has 1 rings (SSSR count). The number of carbonyl (C=O) groups excluding carboxylic acids is 1. The van der Waals surface area contributed by atoms with Crippen molar-refractivity contribution in [2.45, 2.75) is 40.0 Å². The van der Waals surface area contributed by atoms with Crippen molar-refractivity contribution in [1.82, 2.24) is 10.2 Å². The van der Waals surface area contributed by atoms with Crippen LogP contribution in [0.4, 0.5) is 0 Å². The quantitative estimate of drug-likeness (QED) is 0.797. The SMILES string of the molecule is CNCCN1CCC(C(C)(C)C)CCC1=O. The first-order chi connectivity index (χ1) is 7.45. The standard InChI is InChI=1S/C13H26N2O/c1-13(2,3)11-5-6-12(16)15(9-7-11)10-8-14-4/h11,14H,5-10H2,1-4H3. The molecule has 3 heteroatoms. The highest BCUT2D eigenvalue weighted by Crippen LogP contribution is 2.34. The van der Waals surface area contributed by atoms with Gasteiger partial charge in [0.25, 0.3) is 0 Å². The largest absolute Gasteiger partial charge is 0.341 e. The number of hydrogen-bond donors (Lipinski definition) is 1. The van der Waals surface area contributed by atoms with Gasteiger partial charge in [-0.15, -0.1) is 0 Å². The first-order valence-electron chi connectivity index (χ1n) is 6.37. The fraction of sp³-hybridized carbons (Fsp3) is 0.923. The van der Waals surface area contributed by atoms with Crippen molar-refractivity contribution in [3.05, 3.63) is 0 Å². The molecular weight excluding hydrogens is 200 g/mol. The first kappa shape index (κ1) is 13.5. The summed E-state index contributed by atoms with van der Waals surface area (Å²) in [6.45, 7) is 9.53. The molecule has 1 aliphatic rings. The van der Waals surface area contributed by atoms with Gasteiger partial charge in [0, 0.05) is 26.1 Å². The van der Waals surface area contributed by atoms with Crippen molar-refractivity contribution in [1.29, 1.82) is 0 Å². The van der Waals surface area contributed by atoms with E-state index in [4.69, 9.17) is 0 Å². The zero-order valence-corrected chi connectivity index (χ0v) is 11.2. The van der Waals surface area contributed by atoms with Gasteiger partial charge in [-0.3, -0.25) is 4.79 Å². The van der Waals surface area contributed by atoms with Crippen molar-refractivity contribution in [3.8, 4) is 0 Å². The molecule has 0 bridgehead atoms. The molecule has 1 amide bonds. The summed E-state index contributed by atoms with van der Waals surface area (Å²) in [6.07, 6.45) is 2.93. The van der Waals surface area contributed by atoms with E-state index in [1.165, 1.54) is 0 Å². The van der Waals surface area contributed by atoms with Gasteiger partial charge in [0.1, 0.15) is 0 Å². The molecule has 0 aromatic carbocycles. The average Bonchev–Trinajstić information content (AvgIpc) is 2.37. The highest BCUT2D eigenvalue weighted by Gasteiger charge is 2.29. The summed E-state index contributed by atoms with van der Waals surface area (Å²) in [5, 5.41) is 3.10. The smallest absolute Gasteiger partial charge is 0.222 e. The van der Waals surface area contributed by atoms with Crippen LogP contribution >= 0.6 is 0 Å². The maximum Gasteiger partial charge on any atom is 0.222 e. The van der Waals surface area contributed by atoms with Gasteiger partial charge in [-0.05, 0) is 31.2 Å². The Balaban J connectivity index is 2.52. The lowest BCUT2D eigenvalue weighted by atomic mass is 9.77. The average molecular weight is 226 g/mol. The maximum atomic E-state index is 11.9. The second-order valence-corrected chi connectivity index (χ2v) is 5.87. The molecule has 1 unspecified atom stereocenters. The van der Waals surface area contributed by atoms with Crippen molar-refractivity contribution in [2.24, 2.45) is 11.3 Å². The Labute approximate surface area is 99.6 Å². The summed E-state index contributed by atoms with van der Waals surface area (Å²) in [6, 6.07) is 0. The van der Waals surface area contributed by atoms with Gasteiger partial charge in [0.15, 0.2) is 0 Å². The minimum Gasteiger partial charge on any atom is -0.341 e. The minimum absolute atomic E-state index is 0.333. The summed E-state index contributed by atoms with van der Waals surface area (Å²) in [5.74, 6) is 1.01. The van der Waals surface area contributed by atoms with Gasteiger partial charge in [-0.2, -0.15) is 0 Å². The minimum atomic E-state index is 0.333. The normalized spacial score (nSPS) is 23.4. The lowest BCUT2D eigenvalue weighted by molar-refractivity contribution is -0.130. The van der Waals surface area contributed by atoms with E-state index in [1.807, 2.05) is 11.9 Å². The maximum absolute atomic E-state index is 11.9. The number of likely N-dealkylation sites (N-methyl/N-ethyl adjacent to an activating group) is 1. The highest BCUT2D eigenvalue weighted by molar-refractivity contribution is 5.76. The number of likely N-dealkylation sites (tertiary alicyclic amines) is 1. The van der Waals surface area contributed by atoms with E-state index < -0.39 is 0 Å². The van der Waals surface area contributed by atoms with E-state index in [-0.39, 0.29) is 0 Å². The molecule has 1 fully saturated rings. The number of nitrogens with zero attached hydrogens (tertiary/aromatic N) is 1. The van der Waals surface area contributed by atoms with Crippen LogP contribution < -0.4 is 5.32 Å². The first-order valence-corrected chi connectivity index (χ1v) is 6.37. The zero-order chi connectivity index (χ0) is 12.2. The molecule has 1 aliphatic heterocycles. The van der Waals surface area contributed by atoms with E-state index in [0.717, 1.165) is 38.9 Å². The van der Waals surface area contributed by atoms with Crippen LogP contribution in [0.25, 0.3) is 0 Å². The van der Waals surface area contributed by atoms with Crippen molar-refractivity contribution < 1.29 is 4.79 Å². The van der Waals surface area contributed by atoms with Gasteiger partial charge in [-0.25, -0.2) is 0 Å². The Morgan fingerprint density at radius 1 is 1.38 bits per heavy atom. The van der Waals surface area contributed by atoms with Crippen LogP contribution in [0.1, 0.15) is 40.0 Å². The third-order valence-electron chi connectivity index (χ3n) is 3.66. The van der Waals surface area contributed by atoms with E-state index in [0.29, 0.717) is 17.2 Å². The van der Waals surface area contributed by atoms with E-state index in [2.05, 4.69) is 26.1 Å². The van der Waals surface area contributed by atoms with Gasteiger partial charge in [-0.1, -0.05) is 20.8 Å². The fourth-order valence-electron chi connectivity index (χ4n) is 2.39. The Morgan fingerprint density at radius 2 is 2.06 bits per heavy atom. The van der Waals surface area contributed by atoms with E-state index >= 15 is 0 Å². The molecule has 16 heavy (non-hydrogen) atoms. The zero-order valence-electron chi connectivity index (χ0n) is 11.2. The predicted molar refractivity (Wildman–Crippen MR) is 67.3 cm³/mol. The molecule has 0 aromatic rings. The summed E-state index contributed by atoms with van der Waals surface area (Å²) < 4.78 is 0. The summed E-state index contributed by atoms with van der Waals surface area (Å²) >= 11 is 0. The summed E-state index contributed by atoms with van der Waals surface area (Å²) in [4.78, 5) is 13.9. The van der Waals surface area contributed by atoms with Gasteiger partial charge in [0.2, 0.25) is 5.91 Å². The van der Waals surface area contributed by atoms with Crippen molar-refractivity contribution in [2.75, 3.05) is 26.7 Å². The molecule has 1 atom stereocenters. The third kappa shape index (κ3) is 3.78. The second-order valence-electron chi connectivity index (χ2n) is 5.87. The van der Waals surface area contributed by atoms with Crippen LogP contribution in [0.15, 0.2) is 0 Å². The molecule has 1 heterocycles. The van der Waals surface area contributed by atoms with Crippen LogP contribution in [0.5, 0.6) is 0 Å². The molecular formula is C13H26N2O. The van der Waals surface area contributed by atoms with Gasteiger partial charge in [0.05, 0.1) is 0 Å². The molecule has 3 nitrogen and oxygen atoms in total. The lowest BCUT2D eigenvalue weighted by Crippen LogP contribution is -2.35. The molecule has 0 saturated carbocycles. The van der Waals surface area contributed by atoms with Crippen LogP contribution in [0, 0.1) is 11.3 Å². The lowest BCUT2D eigenvalue weighted by Gasteiger charge is -2.29. The molecule has 1 N–H and O–H groups in total. The topological polar surface area (TPSA) is 32.3 Å². The molecule has 1 saturated heterocycles. The molecule has 94 valence electrons. The number of nitrogens with one attached hydrogen (secondary N) is 1.